The maximum absolute atomic E-state index is 10.4. The van der Waals surface area contributed by atoms with Crippen LogP contribution < -0.4 is 0 Å². The Morgan fingerprint density at radius 3 is 1.77 bits per heavy atom. The normalized spacial score (nSPS) is 9.38. The van der Waals surface area contributed by atoms with Crippen molar-refractivity contribution in [3.8, 4) is 11.5 Å². The van der Waals surface area contributed by atoms with Crippen molar-refractivity contribution in [1.82, 2.24) is 0 Å². The SMILES string of the molecule is C.C=Cc1ccc(O)c(C=O)c1.O=Cc1cc(/C=C/C(=O)O)ccc1O. The van der Waals surface area contributed by atoms with Gasteiger partial charge in [0.2, 0.25) is 0 Å². The van der Waals surface area contributed by atoms with Crippen molar-refractivity contribution >= 4 is 30.7 Å². The van der Waals surface area contributed by atoms with Gasteiger partial charge >= 0.3 is 5.97 Å². The van der Waals surface area contributed by atoms with Crippen molar-refractivity contribution in [2.75, 3.05) is 0 Å². The van der Waals surface area contributed by atoms with E-state index in [1.54, 1.807) is 18.2 Å². The number of carbonyl (C=O) groups excluding carboxylic acids is 2. The molecule has 0 aliphatic rings. The molecule has 136 valence electrons. The van der Waals surface area contributed by atoms with Gasteiger partial charge in [0.15, 0.2) is 12.6 Å². The molecule has 2 aromatic carbocycles. The number of carbonyl (C=O) groups is 3. The predicted octanol–water partition coefficient (Wildman–Crippen LogP) is 3.79. The highest BCUT2D eigenvalue weighted by atomic mass is 16.4. The Bertz CT molecular complexity index is 821. The molecule has 0 radical (unpaired) electrons. The third kappa shape index (κ3) is 6.84. The second-order valence-corrected chi connectivity index (χ2v) is 4.75. The summed E-state index contributed by atoms with van der Waals surface area (Å²) in [5, 5.41) is 26.6. The highest BCUT2D eigenvalue weighted by Gasteiger charge is 1.99. The van der Waals surface area contributed by atoms with Crippen LogP contribution in [0, 0.1) is 0 Å². The maximum Gasteiger partial charge on any atom is 0.328 e. The molecule has 0 amide bonds. The van der Waals surface area contributed by atoms with E-state index in [9.17, 15) is 14.4 Å². The van der Waals surface area contributed by atoms with Crippen molar-refractivity contribution < 1.29 is 29.7 Å². The summed E-state index contributed by atoms with van der Waals surface area (Å²) < 4.78 is 0. The van der Waals surface area contributed by atoms with E-state index < -0.39 is 5.97 Å². The van der Waals surface area contributed by atoms with Crippen LogP contribution in [0.4, 0.5) is 0 Å². The summed E-state index contributed by atoms with van der Waals surface area (Å²) in [6, 6.07) is 9.00. The molecule has 6 nitrogen and oxygen atoms in total. The molecule has 0 saturated heterocycles. The first-order valence-corrected chi connectivity index (χ1v) is 7.01. The van der Waals surface area contributed by atoms with Crippen LogP contribution in [-0.4, -0.2) is 33.9 Å². The van der Waals surface area contributed by atoms with Crippen LogP contribution >= 0.6 is 0 Å². The summed E-state index contributed by atoms with van der Waals surface area (Å²) in [7, 11) is 0. The zero-order valence-electron chi connectivity index (χ0n) is 13.1. The predicted molar refractivity (Wildman–Crippen MR) is 100 cm³/mol. The lowest BCUT2D eigenvalue weighted by Crippen LogP contribution is -1.87. The molecular weight excluding hydrogens is 336 g/mol. The largest absolute Gasteiger partial charge is 0.507 e. The third-order valence-corrected chi connectivity index (χ3v) is 3.01. The number of hydrogen-bond acceptors (Lipinski definition) is 5. The molecule has 0 atom stereocenters. The molecule has 0 heterocycles. The highest BCUT2D eigenvalue weighted by molar-refractivity contribution is 5.86. The summed E-state index contributed by atoms with van der Waals surface area (Å²) in [5.41, 5.74) is 1.80. The number of rotatable bonds is 5. The van der Waals surface area contributed by atoms with Gasteiger partial charge in [-0.15, -0.1) is 0 Å². The average molecular weight is 356 g/mol. The smallest absolute Gasteiger partial charge is 0.328 e. The molecule has 0 aliphatic heterocycles. The number of phenols is 2. The number of aliphatic carboxylic acids is 1. The maximum atomic E-state index is 10.4. The van der Waals surface area contributed by atoms with E-state index in [2.05, 4.69) is 6.58 Å². The average Bonchev–Trinajstić information content (AvgIpc) is 2.62. The second kappa shape index (κ2) is 11.0. The zero-order valence-corrected chi connectivity index (χ0v) is 13.1. The van der Waals surface area contributed by atoms with Crippen LogP contribution in [0.2, 0.25) is 0 Å². The molecule has 2 aromatic rings. The second-order valence-electron chi connectivity index (χ2n) is 4.75. The van der Waals surface area contributed by atoms with Gasteiger partial charge in [0.1, 0.15) is 11.5 Å². The lowest BCUT2D eigenvalue weighted by Gasteiger charge is -1.97. The Morgan fingerprint density at radius 2 is 1.35 bits per heavy atom. The lowest BCUT2D eigenvalue weighted by atomic mass is 10.1. The van der Waals surface area contributed by atoms with Gasteiger partial charge in [-0.3, -0.25) is 9.59 Å². The molecule has 3 N–H and O–H groups in total. The van der Waals surface area contributed by atoms with Gasteiger partial charge in [-0.2, -0.15) is 0 Å². The Hall–Kier alpha value is -3.67. The lowest BCUT2D eigenvalue weighted by molar-refractivity contribution is -0.131. The standard InChI is InChI=1S/C10H8O4.C9H8O2.CH4/c11-6-8-5-7(1-3-9(8)12)2-4-10(13)14;1-2-7-3-4-9(11)8(5-7)6-10;/h1-6,12H,(H,13,14);2-6,11H,1H2;1H4/b4-2+;;. The fraction of sp³-hybridized carbons (Fsp3) is 0.0500. The number of aromatic hydroxyl groups is 2. The Morgan fingerprint density at radius 1 is 0.885 bits per heavy atom. The molecule has 2 rings (SSSR count). The fourth-order valence-corrected chi connectivity index (χ4v) is 1.73. The summed E-state index contributed by atoms with van der Waals surface area (Å²) in [6.07, 6.45) is 5.04. The van der Waals surface area contributed by atoms with Crippen molar-refractivity contribution in [2.45, 2.75) is 7.43 Å². The molecular formula is C20H20O6. The van der Waals surface area contributed by atoms with Gasteiger partial charge in [-0.05, 0) is 41.5 Å². The van der Waals surface area contributed by atoms with Gasteiger partial charge in [0.05, 0.1) is 11.1 Å². The topological polar surface area (TPSA) is 112 Å². The van der Waals surface area contributed by atoms with Gasteiger partial charge in [0, 0.05) is 6.08 Å². The van der Waals surface area contributed by atoms with Crippen molar-refractivity contribution in [3.05, 3.63) is 71.3 Å². The molecule has 0 aromatic heterocycles. The Balaban J connectivity index is 0.000000475. The Labute approximate surface area is 151 Å². The fourth-order valence-electron chi connectivity index (χ4n) is 1.73. The molecule has 0 saturated carbocycles. The van der Waals surface area contributed by atoms with Gasteiger partial charge in [-0.1, -0.05) is 32.2 Å². The first kappa shape index (κ1) is 22.3. The molecule has 0 spiro atoms. The van der Waals surface area contributed by atoms with Crippen molar-refractivity contribution in [2.24, 2.45) is 0 Å². The summed E-state index contributed by atoms with van der Waals surface area (Å²) >= 11 is 0. The van der Waals surface area contributed by atoms with Crippen LogP contribution in [-0.2, 0) is 4.79 Å². The van der Waals surface area contributed by atoms with Gasteiger partial charge in [0.25, 0.3) is 0 Å². The number of carboxylic acids is 1. The highest BCUT2D eigenvalue weighted by Crippen LogP contribution is 2.17. The quantitative estimate of drug-likeness (QED) is 0.555. The Kier molecular flexibility index (Phi) is 9.43. The number of hydrogen-bond donors (Lipinski definition) is 3. The summed E-state index contributed by atoms with van der Waals surface area (Å²) in [4.78, 5) is 30.9. The van der Waals surface area contributed by atoms with Gasteiger partial charge in [-0.25, -0.2) is 4.79 Å². The van der Waals surface area contributed by atoms with Gasteiger partial charge < -0.3 is 15.3 Å². The molecule has 0 fully saturated rings. The molecule has 0 aliphatic carbocycles. The minimum Gasteiger partial charge on any atom is -0.507 e. The number of phenolic OH excluding ortho intramolecular Hbond substituents is 2. The minimum atomic E-state index is -1.06. The first-order valence-electron chi connectivity index (χ1n) is 7.01. The minimum absolute atomic E-state index is 0. The number of benzene rings is 2. The molecule has 0 bridgehead atoms. The molecule has 0 unspecified atom stereocenters. The van der Waals surface area contributed by atoms with Crippen LogP contribution in [0.1, 0.15) is 39.3 Å². The third-order valence-electron chi connectivity index (χ3n) is 3.01. The summed E-state index contributed by atoms with van der Waals surface area (Å²) in [5.74, 6) is -1.18. The van der Waals surface area contributed by atoms with Crippen LogP contribution in [0.5, 0.6) is 11.5 Å². The monoisotopic (exact) mass is 356 g/mol. The number of aldehydes is 2. The van der Waals surface area contributed by atoms with Crippen LogP contribution in [0.3, 0.4) is 0 Å². The van der Waals surface area contributed by atoms with Crippen LogP contribution in [0.15, 0.2) is 49.1 Å². The van der Waals surface area contributed by atoms with Crippen LogP contribution in [0.25, 0.3) is 12.2 Å². The van der Waals surface area contributed by atoms with E-state index in [4.69, 9.17) is 15.3 Å². The molecule has 26 heavy (non-hydrogen) atoms. The summed E-state index contributed by atoms with van der Waals surface area (Å²) in [6.45, 7) is 3.54. The van der Waals surface area contributed by atoms with E-state index in [0.29, 0.717) is 23.7 Å². The van der Waals surface area contributed by atoms with E-state index in [1.165, 1.54) is 30.3 Å². The zero-order chi connectivity index (χ0) is 18.8. The van der Waals surface area contributed by atoms with E-state index in [1.807, 2.05) is 0 Å². The number of carboxylic acid groups (broad SMARTS) is 1. The first-order chi connectivity index (χ1) is 11.9. The van der Waals surface area contributed by atoms with Crippen molar-refractivity contribution in [1.29, 1.82) is 0 Å². The molecule has 6 heteroatoms. The van der Waals surface area contributed by atoms with E-state index in [0.717, 1.165) is 11.6 Å². The van der Waals surface area contributed by atoms with E-state index in [-0.39, 0.29) is 24.5 Å². The van der Waals surface area contributed by atoms with Crippen molar-refractivity contribution in [3.63, 3.8) is 0 Å². The van der Waals surface area contributed by atoms with E-state index >= 15 is 0 Å².